The summed E-state index contributed by atoms with van der Waals surface area (Å²) in [4.78, 5) is 0. The fourth-order valence-corrected chi connectivity index (χ4v) is 2.53. The van der Waals surface area contributed by atoms with Gasteiger partial charge in [-0.05, 0) is 50.0 Å². The van der Waals surface area contributed by atoms with Gasteiger partial charge in [-0.1, -0.05) is 37.3 Å². The molecule has 0 heterocycles. The van der Waals surface area contributed by atoms with Crippen molar-refractivity contribution in [1.82, 2.24) is 0 Å². The van der Waals surface area contributed by atoms with Crippen LogP contribution < -0.4 is 0 Å². The first-order valence-corrected chi connectivity index (χ1v) is 6.51. The molecule has 1 aliphatic rings. The predicted molar refractivity (Wildman–Crippen MR) is 67.3 cm³/mol. The van der Waals surface area contributed by atoms with Crippen LogP contribution in [0.5, 0.6) is 0 Å². The fourth-order valence-electron chi connectivity index (χ4n) is 2.53. The molecule has 2 rings (SSSR count). The number of hydrogen-bond donors (Lipinski definition) is 1. The number of aliphatic hydroxyl groups is 1. The molecule has 0 aromatic heterocycles. The Morgan fingerprint density at radius 3 is 2.50 bits per heavy atom. The van der Waals surface area contributed by atoms with E-state index in [-0.39, 0.29) is 5.60 Å². The molecule has 1 atom stereocenters. The standard InChI is InChI=1S/C15H22O/c1-2-15(16,14-10-11-14)12-6-9-13-7-4-3-5-8-13/h3-5,7-8,14,16H,2,6,9-12H2,1H3. The molecule has 1 heteroatoms. The first-order chi connectivity index (χ1) is 7.74. The van der Waals surface area contributed by atoms with E-state index in [1.54, 1.807) is 0 Å². The van der Waals surface area contributed by atoms with E-state index in [2.05, 4.69) is 37.3 Å². The van der Waals surface area contributed by atoms with Crippen LogP contribution in [0.2, 0.25) is 0 Å². The lowest BCUT2D eigenvalue weighted by Crippen LogP contribution is -2.30. The Labute approximate surface area is 98.5 Å². The van der Waals surface area contributed by atoms with Crippen molar-refractivity contribution in [2.75, 3.05) is 0 Å². The van der Waals surface area contributed by atoms with Gasteiger partial charge in [0.25, 0.3) is 0 Å². The largest absolute Gasteiger partial charge is 0.390 e. The van der Waals surface area contributed by atoms with Gasteiger partial charge >= 0.3 is 0 Å². The Kier molecular flexibility index (Phi) is 3.65. The van der Waals surface area contributed by atoms with E-state index < -0.39 is 0 Å². The smallest absolute Gasteiger partial charge is 0.0673 e. The van der Waals surface area contributed by atoms with Crippen LogP contribution in [0.3, 0.4) is 0 Å². The molecule has 0 amide bonds. The summed E-state index contributed by atoms with van der Waals surface area (Å²) in [5.74, 6) is 0.591. The highest BCUT2D eigenvalue weighted by molar-refractivity contribution is 5.14. The van der Waals surface area contributed by atoms with Gasteiger partial charge in [-0.2, -0.15) is 0 Å². The minimum absolute atomic E-state index is 0.366. The zero-order valence-corrected chi connectivity index (χ0v) is 10.2. The summed E-state index contributed by atoms with van der Waals surface area (Å²) < 4.78 is 0. The van der Waals surface area contributed by atoms with Crippen LogP contribution in [0.25, 0.3) is 0 Å². The van der Waals surface area contributed by atoms with E-state index in [0.29, 0.717) is 5.92 Å². The second-order valence-electron chi connectivity index (χ2n) is 5.07. The van der Waals surface area contributed by atoms with Crippen molar-refractivity contribution in [1.29, 1.82) is 0 Å². The Morgan fingerprint density at radius 1 is 1.25 bits per heavy atom. The van der Waals surface area contributed by atoms with Crippen molar-refractivity contribution in [2.24, 2.45) is 5.92 Å². The van der Waals surface area contributed by atoms with Gasteiger partial charge in [-0.25, -0.2) is 0 Å². The fraction of sp³-hybridized carbons (Fsp3) is 0.600. The van der Waals surface area contributed by atoms with Crippen LogP contribution in [0.1, 0.15) is 44.6 Å². The maximum Gasteiger partial charge on any atom is 0.0673 e. The van der Waals surface area contributed by atoms with Gasteiger partial charge in [-0.3, -0.25) is 0 Å². The van der Waals surface area contributed by atoms with E-state index >= 15 is 0 Å². The summed E-state index contributed by atoms with van der Waals surface area (Å²) in [6.45, 7) is 2.11. The highest BCUT2D eigenvalue weighted by atomic mass is 16.3. The van der Waals surface area contributed by atoms with Crippen LogP contribution in [0, 0.1) is 5.92 Å². The van der Waals surface area contributed by atoms with E-state index in [9.17, 15) is 5.11 Å². The predicted octanol–water partition coefficient (Wildman–Crippen LogP) is 3.56. The molecule has 1 aliphatic carbocycles. The van der Waals surface area contributed by atoms with E-state index in [1.807, 2.05) is 0 Å². The number of rotatable bonds is 6. The molecule has 0 radical (unpaired) electrons. The average Bonchev–Trinajstić information content (AvgIpc) is 3.14. The Hall–Kier alpha value is -0.820. The molecule has 1 aromatic rings. The van der Waals surface area contributed by atoms with Crippen LogP contribution in [-0.4, -0.2) is 10.7 Å². The molecule has 0 saturated heterocycles. The maximum atomic E-state index is 10.4. The van der Waals surface area contributed by atoms with Crippen LogP contribution in [-0.2, 0) is 6.42 Å². The van der Waals surface area contributed by atoms with Crippen molar-refractivity contribution in [2.45, 2.75) is 51.0 Å². The molecular weight excluding hydrogens is 196 g/mol. The van der Waals surface area contributed by atoms with Gasteiger partial charge in [0.1, 0.15) is 0 Å². The van der Waals surface area contributed by atoms with Gasteiger partial charge in [0.05, 0.1) is 5.60 Å². The second-order valence-corrected chi connectivity index (χ2v) is 5.07. The molecule has 1 unspecified atom stereocenters. The molecule has 1 nitrogen and oxygen atoms in total. The van der Waals surface area contributed by atoms with E-state index in [0.717, 1.165) is 25.7 Å². The zero-order valence-electron chi connectivity index (χ0n) is 10.2. The number of hydrogen-bond acceptors (Lipinski definition) is 1. The first-order valence-electron chi connectivity index (χ1n) is 6.51. The Balaban J connectivity index is 1.79. The molecule has 88 valence electrons. The summed E-state index contributed by atoms with van der Waals surface area (Å²) in [6, 6.07) is 10.6. The summed E-state index contributed by atoms with van der Waals surface area (Å²) in [5, 5.41) is 10.4. The van der Waals surface area contributed by atoms with E-state index in [1.165, 1.54) is 18.4 Å². The van der Waals surface area contributed by atoms with Gasteiger partial charge in [-0.15, -0.1) is 0 Å². The molecule has 16 heavy (non-hydrogen) atoms. The van der Waals surface area contributed by atoms with Crippen LogP contribution >= 0.6 is 0 Å². The summed E-state index contributed by atoms with van der Waals surface area (Å²) in [6.07, 6.45) is 6.53. The Bertz CT molecular complexity index is 315. The van der Waals surface area contributed by atoms with Crippen LogP contribution in [0.4, 0.5) is 0 Å². The van der Waals surface area contributed by atoms with Crippen molar-refractivity contribution < 1.29 is 5.11 Å². The lowest BCUT2D eigenvalue weighted by molar-refractivity contribution is 0.00350. The topological polar surface area (TPSA) is 20.2 Å². The number of benzene rings is 1. The molecule has 1 saturated carbocycles. The highest BCUT2D eigenvalue weighted by Crippen LogP contribution is 2.44. The maximum absolute atomic E-state index is 10.4. The minimum atomic E-state index is -0.366. The van der Waals surface area contributed by atoms with Crippen molar-refractivity contribution in [3.05, 3.63) is 35.9 Å². The quantitative estimate of drug-likeness (QED) is 0.774. The summed E-state index contributed by atoms with van der Waals surface area (Å²) in [5.41, 5.74) is 1.02. The van der Waals surface area contributed by atoms with Crippen molar-refractivity contribution >= 4 is 0 Å². The molecule has 1 N–H and O–H groups in total. The molecular formula is C15H22O. The third-order valence-electron chi connectivity index (χ3n) is 3.87. The lowest BCUT2D eigenvalue weighted by atomic mass is 9.88. The molecule has 1 fully saturated rings. The third kappa shape index (κ3) is 2.85. The summed E-state index contributed by atoms with van der Waals surface area (Å²) in [7, 11) is 0. The van der Waals surface area contributed by atoms with Gasteiger partial charge in [0.2, 0.25) is 0 Å². The van der Waals surface area contributed by atoms with Gasteiger partial charge in [0.15, 0.2) is 0 Å². The molecule has 1 aromatic carbocycles. The Morgan fingerprint density at radius 2 is 1.94 bits per heavy atom. The molecule has 0 bridgehead atoms. The third-order valence-corrected chi connectivity index (χ3v) is 3.87. The number of aryl methyl sites for hydroxylation is 1. The zero-order chi connectivity index (χ0) is 11.4. The highest BCUT2D eigenvalue weighted by Gasteiger charge is 2.41. The van der Waals surface area contributed by atoms with Gasteiger partial charge in [0, 0.05) is 0 Å². The normalized spacial score (nSPS) is 19.4. The van der Waals surface area contributed by atoms with Crippen LogP contribution in [0.15, 0.2) is 30.3 Å². The lowest BCUT2D eigenvalue weighted by Gasteiger charge is -2.26. The SMILES string of the molecule is CCC(O)(CCCc1ccccc1)C1CC1. The second kappa shape index (κ2) is 5.01. The molecule has 0 spiro atoms. The van der Waals surface area contributed by atoms with Crippen molar-refractivity contribution in [3.63, 3.8) is 0 Å². The average molecular weight is 218 g/mol. The molecule has 0 aliphatic heterocycles. The minimum Gasteiger partial charge on any atom is -0.390 e. The monoisotopic (exact) mass is 218 g/mol. The van der Waals surface area contributed by atoms with Crippen molar-refractivity contribution in [3.8, 4) is 0 Å². The first kappa shape index (κ1) is 11.7. The van der Waals surface area contributed by atoms with Gasteiger partial charge < -0.3 is 5.11 Å². The van der Waals surface area contributed by atoms with E-state index in [4.69, 9.17) is 0 Å². The summed E-state index contributed by atoms with van der Waals surface area (Å²) >= 11 is 0.